The van der Waals surface area contributed by atoms with Crippen molar-refractivity contribution in [2.24, 2.45) is 0 Å². The van der Waals surface area contributed by atoms with Gasteiger partial charge in [0.15, 0.2) is 0 Å². The van der Waals surface area contributed by atoms with Gasteiger partial charge in [0.2, 0.25) is 0 Å². The van der Waals surface area contributed by atoms with Crippen molar-refractivity contribution in [2.45, 2.75) is 13.3 Å². The van der Waals surface area contributed by atoms with E-state index in [4.69, 9.17) is 0 Å². The molecule has 2 rings (SSSR count). The average molecular weight is 340 g/mol. The topological polar surface area (TPSA) is 50.7 Å². The van der Waals surface area contributed by atoms with E-state index in [1.807, 2.05) is 26.1 Å². The second-order valence-corrected chi connectivity index (χ2v) is 4.75. The summed E-state index contributed by atoms with van der Waals surface area (Å²) in [7, 11) is 1.88. The number of aromatic nitrogens is 3. The van der Waals surface area contributed by atoms with Crippen molar-refractivity contribution in [3.8, 4) is 0 Å². The van der Waals surface area contributed by atoms with Crippen LogP contribution in [0.2, 0.25) is 0 Å². The van der Waals surface area contributed by atoms with E-state index in [0.717, 1.165) is 27.3 Å². The Morgan fingerprint density at radius 2 is 1.94 bits per heavy atom. The van der Waals surface area contributed by atoms with E-state index in [1.54, 1.807) is 12.4 Å². The van der Waals surface area contributed by atoms with Crippen LogP contribution in [0.4, 0.5) is 5.82 Å². The van der Waals surface area contributed by atoms with Gasteiger partial charge in [0.25, 0.3) is 0 Å². The van der Waals surface area contributed by atoms with Crippen molar-refractivity contribution in [1.82, 2.24) is 15.0 Å². The van der Waals surface area contributed by atoms with Gasteiger partial charge in [-0.1, -0.05) is 0 Å². The molecule has 0 aliphatic heterocycles. The number of nitrogens with one attached hydrogen (secondary N) is 1. The maximum absolute atomic E-state index is 4.50. The Kier molecular flexibility index (Phi) is 3.88. The van der Waals surface area contributed by atoms with Gasteiger partial charge in [-0.3, -0.25) is 4.98 Å². The van der Waals surface area contributed by atoms with Crippen molar-refractivity contribution in [2.75, 3.05) is 12.4 Å². The van der Waals surface area contributed by atoms with Crippen molar-refractivity contribution in [3.05, 3.63) is 45.2 Å². The zero-order chi connectivity index (χ0) is 12.3. The minimum atomic E-state index is 0.731. The van der Waals surface area contributed by atoms with Gasteiger partial charge < -0.3 is 5.32 Å². The number of pyridine rings is 1. The lowest BCUT2D eigenvalue weighted by Crippen LogP contribution is -2.06. The Morgan fingerprint density at radius 3 is 2.59 bits per heavy atom. The van der Waals surface area contributed by atoms with Gasteiger partial charge in [-0.15, -0.1) is 0 Å². The normalized spacial score (nSPS) is 10.3. The zero-order valence-electron chi connectivity index (χ0n) is 9.74. The third-order valence-corrected chi connectivity index (χ3v) is 3.70. The minimum Gasteiger partial charge on any atom is -0.372 e. The smallest absolute Gasteiger partial charge is 0.143 e. The Hall–Kier alpha value is -1.24. The van der Waals surface area contributed by atoms with Gasteiger partial charge in [-0.05, 0) is 47.2 Å². The predicted molar refractivity (Wildman–Crippen MR) is 76.1 cm³/mol. The van der Waals surface area contributed by atoms with Gasteiger partial charge >= 0.3 is 0 Å². The van der Waals surface area contributed by atoms with Crippen molar-refractivity contribution >= 4 is 28.4 Å². The molecule has 0 atom stereocenters. The molecule has 0 aromatic carbocycles. The van der Waals surface area contributed by atoms with Crippen LogP contribution in [0.15, 0.2) is 24.5 Å². The summed E-state index contributed by atoms with van der Waals surface area (Å²) in [4.78, 5) is 13.0. The summed E-state index contributed by atoms with van der Waals surface area (Å²) in [5.41, 5.74) is 2.18. The number of rotatable bonds is 3. The molecule has 0 unspecified atom stereocenters. The Labute approximate surface area is 114 Å². The number of hydrogen-bond donors (Lipinski definition) is 1. The van der Waals surface area contributed by atoms with Crippen LogP contribution in [0, 0.1) is 10.5 Å². The molecule has 0 radical (unpaired) electrons. The summed E-state index contributed by atoms with van der Waals surface area (Å²) in [6, 6.07) is 3.96. The molecule has 88 valence electrons. The lowest BCUT2D eigenvalue weighted by Gasteiger charge is -2.08. The fraction of sp³-hybridized carbons (Fsp3) is 0.250. The number of nitrogens with zero attached hydrogens (tertiary/aromatic N) is 3. The molecule has 0 saturated carbocycles. The summed E-state index contributed by atoms with van der Waals surface area (Å²) in [6.07, 6.45) is 4.30. The third-order valence-electron chi connectivity index (χ3n) is 2.41. The monoisotopic (exact) mass is 340 g/mol. The quantitative estimate of drug-likeness (QED) is 0.872. The maximum atomic E-state index is 4.50. The molecule has 4 nitrogen and oxygen atoms in total. The van der Waals surface area contributed by atoms with E-state index in [0.29, 0.717) is 0 Å². The fourth-order valence-electron chi connectivity index (χ4n) is 1.55. The van der Waals surface area contributed by atoms with E-state index >= 15 is 0 Å². The highest BCUT2D eigenvalue weighted by atomic mass is 127. The van der Waals surface area contributed by atoms with Gasteiger partial charge in [-0.2, -0.15) is 0 Å². The molecule has 17 heavy (non-hydrogen) atoms. The molecule has 0 fully saturated rings. The predicted octanol–water partition coefficient (Wildman–Crippen LogP) is 2.42. The van der Waals surface area contributed by atoms with Crippen LogP contribution in [-0.2, 0) is 6.42 Å². The minimum absolute atomic E-state index is 0.731. The lowest BCUT2D eigenvalue weighted by molar-refractivity contribution is 0.933. The highest BCUT2D eigenvalue weighted by Crippen LogP contribution is 2.18. The lowest BCUT2D eigenvalue weighted by atomic mass is 10.2. The van der Waals surface area contributed by atoms with Gasteiger partial charge in [-0.25, -0.2) is 9.97 Å². The number of anilines is 1. The molecule has 0 saturated heterocycles. The molecular weight excluding hydrogens is 327 g/mol. The summed E-state index contributed by atoms with van der Waals surface area (Å²) >= 11 is 2.26. The molecular formula is C12H13IN4. The van der Waals surface area contributed by atoms with Crippen LogP contribution in [0.1, 0.15) is 17.1 Å². The standard InChI is InChI=1S/C12H13IN4/c1-8-11(13)12(14-2)17-10(16-8)7-9-3-5-15-6-4-9/h3-6H,7H2,1-2H3,(H,14,16,17). The van der Waals surface area contributed by atoms with Crippen molar-refractivity contribution in [1.29, 1.82) is 0 Å². The second kappa shape index (κ2) is 5.39. The average Bonchev–Trinajstić information content (AvgIpc) is 2.35. The SMILES string of the molecule is CNc1nc(Cc2ccncc2)nc(C)c1I. The number of hydrogen-bond acceptors (Lipinski definition) is 4. The maximum Gasteiger partial charge on any atom is 0.143 e. The molecule has 0 aliphatic carbocycles. The molecule has 2 aromatic heterocycles. The number of halogens is 1. The first-order valence-electron chi connectivity index (χ1n) is 5.30. The molecule has 2 heterocycles. The summed E-state index contributed by atoms with van der Waals surface area (Å²) in [5.74, 6) is 1.72. The summed E-state index contributed by atoms with van der Waals surface area (Å²) in [6.45, 7) is 2.00. The largest absolute Gasteiger partial charge is 0.372 e. The van der Waals surface area contributed by atoms with Crippen LogP contribution < -0.4 is 5.32 Å². The third kappa shape index (κ3) is 2.91. The van der Waals surface area contributed by atoms with E-state index in [-0.39, 0.29) is 0 Å². The molecule has 0 amide bonds. The van der Waals surface area contributed by atoms with E-state index in [1.165, 1.54) is 5.56 Å². The number of aryl methyl sites for hydroxylation is 1. The van der Waals surface area contributed by atoms with Crippen LogP contribution in [0.3, 0.4) is 0 Å². The molecule has 1 N–H and O–H groups in total. The first kappa shape index (κ1) is 12.2. The van der Waals surface area contributed by atoms with Crippen LogP contribution in [0.5, 0.6) is 0 Å². The highest BCUT2D eigenvalue weighted by Gasteiger charge is 2.08. The van der Waals surface area contributed by atoms with Crippen LogP contribution >= 0.6 is 22.6 Å². The Bertz CT molecular complexity index is 513. The van der Waals surface area contributed by atoms with E-state index in [9.17, 15) is 0 Å². The molecule has 2 aromatic rings. The van der Waals surface area contributed by atoms with E-state index in [2.05, 4.69) is 42.9 Å². The molecule has 0 spiro atoms. The molecule has 0 aliphatic rings. The first-order chi connectivity index (χ1) is 8.20. The summed E-state index contributed by atoms with van der Waals surface area (Å²) in [5, 5.41) is 3.09. The first-order valence-corrected chi connectivity index (χ1v) is 6.38. The van der Waals surface area contributed by atoms with Gasteiger partial charge in [0.1, 0.15) is 11.6 Å². The molecule has 5 heteroatoms. The summed E-state index contributed by atoms with van der Waals surface area (Å²) < 4.78 is 1.07. The zero-order valence-corrected chi connectivity index (χ0v) is 11.9. The molecule has 0 bridgehead atoms. The van der Waals surface area contributed by atoms with Gasteiger partial charge in [0.05, 0.1) is 9.26 Å². The van der Waals surface area contributed by atoms with Crippen molar-refractivity contribution in [3.63, 3.8) is 0 Å². The van der Waals surface area contributed by atoms with E-state index < -0.39 is 0 Å². The Morgan fingerprint density at radius 1 is 1.24 bits per heavy atom. The second-order valence-electron chi connectivity index (χ2n) is 3.67. The Balaban J connectivity index is 2.31. The van der Waals surface area contributed by atoms with Crippen molar-refractivity contribution < 1.29 is 0 Å². The van der Waals surface area contributed by atoms with Gasteiger partial charge in [0, 0.05) is 25.9 Å². The van der Waals surface area contributed by atoms with Crippen LogP contribution in [-0.4, -0.2) is 22.0 Å². The van der Waals surface area contributed by atoms with Crippen LogP contribution in [0.25, 0.3) is 0 Å². The fourth-order valence-corrected chi connectivity index (χ4v) is 2.06. The highest BCUT2D eigenvalue weighted by molar-refractivity contribution is 14.1.